The Bertz CT molecular complexity index is 1740. The van der Waals surface area contributed by atoms with Gasteiger partial charge in [0.2, 0.25) is 0 Å². The van der Waals surface area contributed by atoms with Crippen LogP contribution in [-0.4, -0.2) is 15.9 Å². The maximum Gasteiger partial charge on any atom is 0.162 e. The van der Waals surface area contributed by atoms with Gasteiger partial charge in [-0.25, -0.2) is 0 Å². The fraction of sp³-hybridized carbons (Fsp3) is 0.488. The standard InChI is InChI=1S/C30H30NO.C13H24O2.Ir/c1-30(2,3)18-25-23-11-7-6-10-21(23)17-24-28-27-22(12-13-31-28)15-20(14-19-8-4-5-9-19)16-26(27)32-29(24)25;1-5-10(6-2)12(14)9-13(15)11(7-3)8-4;/h6-7,10-13,15-16,19H,4-5,8-9,14,18H2,1-3H3;9-11,14H,5-8H2,1-4H3;/q-1;;/b;12-9-;. The second-order valence-corrected chi connectivity index (χ2v) is 14.9. The summed E-state index contributed by atoms with van der Waals surface area (Å²) in [6, 6.07) is 19.0. The van der Waals surface area contributed by atoms with E-state index in [2.05, 4.69) is 69.3 Å². The molecule has 0 bridgehead atoms. The summed E-state index contributed by atoms with van der Waals surface area (Å²) in [6.45, 7) is 14.9. The van der Waals surface area contributed by atoms with Gasteiger partial charge in [0.25, 0.3) is 0 Å². The Labute approximate surface area is 302 Å². The molecule has 6 rings (SSSR count). The average molecular weight is 825 g/mol. The Morgan fingerprint density at radius 1 is 1.00 bits per heavy atom. The molecule has 1 fully saturated rings. The molecule has 2 heterocycles. The number of hydrogen-bond acceptors (Lipinski definition) is 4. The molecule has 5 heteroatoms. The molecule has 2 aliphatic rings. The van der Waals surface area contributed by atoms with Crippen LogP contribution in [0.25, 0.3) is 32.8 Å². The SMILES string of the molecule is CC(C)(C)Cc1c2c([c-]c3ccccc13)-c1nccc3cc(CC4CCCC4)cc(c13)O2.CCC(CC)C(=O)/C=C(\O)C(CC)CC.[Ir]. The predicted octanol–water partition coefficient (Wildman–Crippen LogP) is 12.1. The number of carbonyl (C=O) groups excluding carboxylic acids is 1. The van der Waals surface area contributed by atoms with Crippen molar-refractivity contribution in [2.75, 3.05) is 0 Å². The number of aliphatic hydroxyl groups excluding tert-OH is 1. The van der Waals surface area contributed by atoms with E-state index < -0.39 is 0 Å². The van der Waals surface area contributed by atoms with E-state index in [1.807, 2.05) is 33.9 Å². The second kappa shape index (κ2) is 16.6. The molecule has 3 aromatic carbocycles. The minimum absolute atomic E-state index is 0. The molecular weight excluding hydrogens is 771 g/mol. The molecule has 0 atom stereocenters. The number of carbonyl (C=O) groups is 1. The van der Waals surface area contributed by atoms with Crippen molar-refractivity contribution in [3.05, 3.63) is 77.7 Å². The van der Waals surface area contributed by atoms with Crippen LogP contribution < -0.4 is 4.74 Å². The number of nitrogens with zero attached hydrogens (tertiary/aromatic N) is 1. The number of fused-ring (bicyclic) bond motifs is 3. The summed E-state index contributed by atoms with van der Waals surface area (Å²) < 4.78 is 6.77. The van der Waals surface area contributed by atoms with Crippen molar-refractivity contribution in [3.63, 3.8) is 0 Å². The van der Waals surface area contributed by atoms with Gasteiger partial charge in [0.05, 0.1) is 11.5 Å². The molecule has 0 saturated heterocycles. The number of aliphatic hydroxyl groups is 1. The molecule has 1 aliphatic carbocycles. The van der Waals surface area contributed by atoms with Crippen LogP contribution in [0.3, 0.4) is 0 Å². The van der Waals surface area contributed by atoms with Gasteiger partial charge in [-0.1, -0.05) is 115 Å². The molecule has 0 amide bonds. The Kier molecular flexibility index (Phi) is 13.1. The van der Waals surface area contributed by atoms with E-state index in [0.717, 1.165) is 78.0 Å². The van der Waals surface area contributed by atoms with E-state index in [0.29, 0.717) is 0 Å². The molecule has 1 N–H and O–H groups in total. The topological polar surface area (TPSA) is 59.4 Å². The van der Waals surface area contributed by atoms with Crippen LogP contribution in [0.15, 0.2) is 60.5 Å². The average Bonchev–Trinajstić information content (AvgIpc) is 3.55. The molecule has 0 spiro atoms. The fourth-order valence-electron chi connectivity index (χ4n) is 7.47. The number of rotatable bonds is 10. The largest absolute Gasteiger partial charge is 0.512 e. The van der Waals surface area contributed by atoms with Crippen molar-refractivity contribution in [3.8, 4) is 22.8 Å². The summed E-state index contributed by atoms with van der Waals surface area (Å²) in [6.07, 6.45) is 14.4. The molecular formula is C43H54IrNO3-. The summed E-state index contributed by atoms with van der Waals surface area (Å²) in [5.74, 6) is 3.27. The molecule has 1 radical (unpaired) electrons. The zero-order chi connectivity index (χ0) is 33.7. The Balaban J connectivity index is 0.000000279. The molecule has 0 unspecified atom stereocenters. The van der Waals surface area contributed by atoms with Crippen molar-refractivity contribution >= 4 is 27.3 Å². The van der Waals surface area contributed by atoms with Gasteiger partial charge in [0.15, 0.2) is 5.78 Å². The first-order valence-corrected chi connectivity index (χ1v) is 18.1. The van der Waals surface area contributed by atoms with Gasteiger partial charge in [-0.3, -0.25) is 9.78 Å². The molecule has 1 saturated carbocycles. The third kappa shape index (κ3) is 8.58. The Morgan fingerprint density at radius 2 is 1.67 bits per heavy atom. The van der Waals surface area contributed by atoms with Crippen LogP contribution in [0.1, 0.15) is 111 Å². The quantitative estimate of drug-likeness (QED) is 0.0866. The Hall–Kier alpha value is -3.01. The van der Waals surface area contributed by atoms with Gasteiger partial charge in [-0.15, -0.1) is 17.5 Å². The third-order valence-corrected chi connectivity index (χ3v) is 10.1. The van der Waals surface area contributed by atoms with Crippen LogP contribution >= 0.6 is 0 Å². The summed E-state index contributed by atoms with van der Waals surface area (Å²) in [5, 5.41) is 14.5. The van der Waals surface area contributed by atoms with Crippen molar-refractivity contribution in [2.45, 2.75) is 113 Å². The van der Waals surface area contributed by atoms with Crippen LogP contribution in [0.2, 0.25) is 0 Å². The van der Waals surface area contributed by atoms with Crippen molar-refractivity contribution in [1.29, 1.82) is 0 Å². The third-order valence-electron chi connectivity index (χ3n) is 10.1. The van der Waals surface area contributed by atoms with E-state index >= 15 is 0 Å². The minimum Gasteiger partial charge on any atom is -0.512 e. The first kappa shape index (κ1) is 37.8. The predicted molar refractivity (Wildman–Crippen MR) is 196 cm³/mol. The van der Waals surface area contributed by atoms with E-state index in [1.165, 1.54) is 53.7 Å². The van der Waals surface area contributed by atoms with Crippen molar-refractivity contribution in [1.82, 2.24) is 4.98 Å². The zero-order valence-corrected chi connectivity index (χ0v) is 32.4. The van der Waals surface area contributed by atoms with Crippen LogP contribution in [0, 0.1) is 29.2 Å². The number of aromatic nitrogens is 1. The zero-order valence-electron chi connectivity index (χ0n) is 30.0. The van der Waals surface area contributed by atoms with Crippen LogP contribution in [-0.2, 0) is 37.7 Å². The van der Waals surface area contributed by atoms with Crippen LogP contribution in [0.4, 0.5) is 0 Å². The van der Waals surface area contributed by atoms with E-state index in [-0.39, 0.29) is 48.9 Å². The van der Waals surface area contributed by atoms with Gasteiger partial charge in [0, 0.05) is 55.3 Å². The van der Waals surface area contributed by atoms with E-state index in [9.17, 15) is 9.90 Å². The van der Waals surface area contributed by atoms with Gasteiger partial charge in [0.1, 0.15) is 5.75 Å². The molecule has 259 valence electrons. The number of pyridine rings is 1. The smallest absolute Gasteiger partial charge is 0.162 e. The van der Waals surface area contributed by atoms with Gasteiger partial charge >= 0.3 is 0 Å². The number of benzene rings is 3. The first-order chi connectivity index (χ1) is 22.6. The maximum atomic E-state index is 11.7. The second-order valence-electron chi connectivity index (χ2n) is 14.9. The first-order valence-electron chi connectivity index (χ1n) is 18.1. The molecule has 4 aromatic rings. The van der Waals surface area contributed by atoms with E-state index in [4.69, 9.17) is 9.72 Å². The molecule has 1 aromatic heterocycles. The monoisotopic (exact) mass is 825 g/mol. The molecule has 1 aliphatic heterocycles. The maximum absolute atomic E-state index is 11.7. The fourth-order valence-corrected chi connectivity index (χ4v) is 7.47. The van der Waals surface area contributed by atoms with Crippen LogP contribution in [0.5, 0.6) is 11.5 Å². The minimum atomic E-state index is 0. The summed E-state index contributed by atoms with van der Waals surface area (Å²) >= 11 is 0. The van der Waals surface area contributed by atoms with Gasteiger partial charge < -0.3 is 9.84 Å². The summed E-state index contributed by atoms with van der Waals surface area (Å²) in [7, 11) is 0. The molecule has 4 nitrogen and oxygen atoms in total. The summed E-state index contributed by atoms with van der Waals surface area (Å²) in [4.78, 5) is 16.6. The number of hydrogen-bond donors (Lipinski definition) is 1. The normalized spacial score (nSPS) is 14.5. The number of allylic oxidation sites excluding steroid dienone is 2. The van der Waals surface area contributed by atoms with E-state index in [1.54, 1.807) is 0 Å². The van der Waals surface area contributed by atoms with Gasteiger partial charge in [-0.05, 0) is 72.9 Å². The Morgan fingerprint density at radius 3 is 2.31 bits per heavy atom. The van der Waals surface area contributed by atoms with Gasteiger partial charge in [-0.2, -0.15) is 0 Å². The molecule has 48 heavy (non-hydrogen) atoms. The van der Waals surface area contributed by atoms with Crippen molar-refractivity contribution < 1.29 is 34.7 Å². The van der Waals surface area contributed by atoms with Crippen molar-refractivity contribution in [2.24, 2.45) is 23.2 Å². The number of ether oxygens (including phenoxy) is 1. The summed E-state index contributed by atoms with van der Waals surface area (Å²) in [5.41, 5.74) is 4.82. The number of ketones is 1.